The molecule has 3 aromatic carbocycles. The van der Waals surface area contributed by atoms with Gasteiger partial charge in [-0.1, -0.05) is 41.1 Å². The molecule has 0 saturated heterocycles. The van der Waals surface area contributed by atoms with Gasteiger partial charge >= 0.3 is 0 Å². The van der Waals surface area contributed by atoms with Gasteiger partial charge in [-0.25, -0.2) is 8.42 Å². The molecular formula is C22H18ClN3O3S2. The van der Waals surface area contributed by atoms with Crippen molar-refractivity contribution in [2.75, 3.05) is 4.72 Å². The number of carbonyl (C=O) groups is 1. The van der Waals surface area contributed by atoms with Crippen LogP contribution in [0.4, 0.5) is 5.69 Å². The van der Waals surface area contributed by atoms with Crippen molar-refractivity contribution >= 4 is 54.8 Å². The largest absolute Gasteiger partial charge is 0.317 e. The summed E-state index contributed by atoms with van der Waals surface area (Å²) in [6.45, 7) is 2.67. The maximum atomic E-state index is 12.8. The van der Waals surface area contributed by atoms with Crippen molar-refractivity contribution in [2.24, 2.45) is 4.99 Å². The molecule has 0 fully saturated rings. The van der Waals surface area contributed by atoms with E-state index in [1.807, 2.05) is 35.8 Å². The second-order valence-corrected chi connectivity index (χ2v) is 9.78. The van der Waals surface area contributed by atoms with Crippen LogP contribution >= 0.6 is 22.9 Å². The number of fused-ring (bicyclic) bond motifs is 1. The Morgan fingerprint density at radius 2 is 1.81 bits per heavy atom. The van der Waals surface area contributed by atoms with Crippen LogP contribution in [0.25, 0.3) is 10.2 Å². The lowest BCUT2D eigenvalue weighted by molar-refractivity contribution is 0.0998. The molecule has 0 aliphatic heterocycles. The summed E-state index contributed by atoms with van der Waals surface area (Å²) in [5, 5.41) is 0.443. The van der Waals surface area contributed by atoms with E-state index in [0.29, 0.717) is 16.4 Å². The molecule has 6 nitrogen and oxygen atoms in total. The van der Waals surface area contributed by atoms with Crippen LogP contribution in [0.1, 0.15) is 17.3 Å². The molecule has 0 radical (unpaired) electrons. The molecule has 0 saturated carbocycles. The number of rotatable bonds is 5. The molecule has 31 heavy (non-hydrogen) atoms. The van der Waals surface area contributed by atoms with Gasteiger partial charge in [-0.2, -0.15) is 4.99 Å². The third-order valence-corrected chi connectivity index (χ3v) is 7.30. The van der Waals surface area contributed by atoms with Crippen molar-refractivity contribution in [1.82, 2.24) is 4.57 Å². The van der Waals surface area contributed by atoms with E-state index in [9.17, 15) is 13.2 Å². The van der Waals surface area contributed by atoms with Crippen LogP contribution in [0.2, 0.25) is 5.02 Å². The van der Waals surface area contributed by atoms with Gasteiger partial charge in [-0.15, -0.1) is 0 Å². The highest BCUT2D eigenvalue weighted by atomic mass is 35.5. The number of aromatic nitrogens is 1. The molecule has 4 rings (SSSR count). The van der Waals surface area contributed by atoms with Gasteiger partial charge in [0.2, 0.25) is 0 Å². The van der Waals surface area contributed by atoms with Crippen molar-refractivity contribution in [3.8, 4) is 0 Å². The van der Waals surface area contributed by atoms with Crippen molar-refractivity contribution in [3.63, 3.8) is 0 Å². The molecule has 9 heteroatoms. The van der Waals surface area contributed by atoms with E-state index in [2.05, 4.69) is 9.71 Å². The summed E-state index contributed by atoms with van der Waals surface area (Å²) in [7, 11) is -3.81. The molecule has 1 heterocycles. The van der Waals surface area contributed by atoms with Gasteiger partial charge in [0.15, 0.2) is 4.80 Å². The minimum atomic E-state index is -3.81. The average molecular weight is 472 g/mol. The standard InChI is InChI=1S/C22H18ClN3O3S2/c1-2-26-19-8-3-4-9-20(19)30-22(26)24-21(27)15-6-5-7-17(14-15)25-31(28,29)18-12-10-16(23)11-13-18/h3-14,25H,2H2,1H3. The van der Waals surface area contributed by atoms with E-state index in [1.165, 1.54) is 41.7 Å². The van der Waals surface area contributed by atoms with E-state index in [1.54, 1.807) is 18.2 Å². The third kappa shape index (κ3) is 4.56. The Morgan fingerprint density at radius 3 is 2.55 bits per heavy atom. The molecular weight excluding hydrogens is 454 g/mol. The first-order valence-corrected chi connectivity index (χ1v) is 12.1. The Balaban J connectivity index is 1.65. The van der Waals surface area contributed by atoms with Gasteiger partial charge in [0.05, 0.1) is 15.1 Å². The minimum Gasteiger partial charge on any atom is -0.317 e. The first-order chi connectivity index (χ1) is 14.9. The van der Waals surface area contributed by atoms with Crippen LogP contribution in [-0.4, -0.2) is 18.9 Å². The van der Waals surface area contributed by atoms with Crippen LogP contribution in [0, 0.1) is 0 Å². The fourth-order valence-electron chi connectivity index (χ4n) is 3.11. The van der Waals surface area contributed by atoms with Crippen LogP contribution < -0.4 is 9.52 Å². The minimum absolute atomic E-state index is 0.0765. The molecule has 0 aliphatic rings. The highest BCUT2D eigenvalue weighted by molar-refractivity contribution is 7.92. The van der Waals surface area contributed by atoms with Gasteiger partial charge in [-0.3, -0.25) is 9.52 Å². The summed E-state index contributed by atoms with van der Waals surface area (Å²) in [4.78, 5) is 17.8. The molecule has 0 bridgehead atoms. The summed E-state index contributed by atoms with van der Waals surface area (Å²) in [6.07, 6.45) is 0. The normalized spacial score (nSPS) is 12.3. The van der Waals surface area contributed by atoms with E-state index in [0.717, 1.165) is 10.2 Å². The van der Waals surface area contributed by atoms with Crippen molar-refractivity contribution in [2.45, 2.75) is 18.4 Å². The zero-order valence-electron chi connectivity index (χ0n) is 16.4. The Bertz CT molecular complexity index is 1440. The summed E-state index contributed by atoms with van der Waals surface area (Å²) >= 11 is 7.26. The summed E-state index contributed by atoms with van der Waals surface area (Å²) in [5.41, 5.74) is 1.58. The highest BCUT2D eigenvalue weighted by Gasteiger charge is 2.15. The summed E-state index contributed by atoms with van der Waals surface area (Å²) < 4.78 is 30.7. The lowest BCUT2D eigenvalue weighted by atomic mass is 10.2. The molecule has 158 valence electrons. The molecule has 1 aromatic heterocycles. The number of nitrogens with one attached hydrogen (secondary N) is 1. The Morgan fingerprint density at radius 1 is 1.06 bits per heavy atom. The fraction of sp³-hybridized carbons (Fsp3) is 0.0909. The van der Waals surface area contributed by atoms with E-state index >= 15 is 0 Å². The molecule has 0 atom stereocenters. The number of anilines is 1. The van der Waals surface area contributed by atoms with Gasteiger partial charge in [0.25, 0.3) is 15.9 Å². The zero-order valence-corrected chi connectivity index (χ0v) is 18.8. The lowest BCUT2D eigenvalue weighted by Gasteiger charge is -2.09. The lowest BCUT2D eigenvalue weighted by Crippen LogP contribution is -2.16. The first kappa shape index (κ1) is 21.3. The third-order valence-electron chi connectivity index (χ3n) is 4.59. The number of amides is 1. The van der Waals surface area contributed by atoms with Crippen LogP contribution in [0.3, 0.4) is 0 Å². The number of halogens is 1. The van der Waals surface area contributed by atoms with Crippen LogP contribution in [0.5, 0.6) is 0 Å². The van der Waals surface area contributed by atoms with Gasteiger partial charge in [0, 0.05) is 22.8 Å². The second kappa shape index (κ2) is 8.66. The van der Waals surface area contributed by atoms with Gasteiger partial charge in [0.1, 0.15) is 0 Å². The Hall–Kier alpha value is -2.94. The Labute approximate surface area is 188 Å². The number of hydrogen-bond acceptors (Lipinski definition) is 4. The van der Waals surface area contributed by atoms with Crippen molar-refractivity contribution < 1.29 is 13.2 Å². The van der Waals surface area contributed by atoms with Crippen molar-refractivity contribution in [1.29, 1.82) is 0 Å². The van der Waals surface area contributed by atoms with E-state index in [4.69, 9.17) is 11.6 Å². The van der Waals surface area contributed by atoms with Gasteiger partial charge in [-0.05, 0) is 61.5 Å². The number of hydrogen-bond donors (Lipinski definition) is 1. The van der Waals surface area contributed by atoms with Gasteiger partial charge < -0.3 is 4.57 Å². The predicted molar refractivity (Wildman–Crippen MR) is 124 cm³/mol. The summed E-state index contributed by atoms with van der Waals surface area (Å²) in [5.74, 6) is -0.443. The van der Waals surface area contributed by atoms with Crippen LogP contribution in [-0.2, 0) is 16.6 Å². The Kier molecular flexibility index (Phi) is 5.95. The number of para-hydroxylation sites is 1. The number of aryl methyl sites for hydroxylation is 1. The molecule has 1 amide bonds. The molecule has 4 aromatic rings. The average Bonchev–Trinajstić information content (AvgIpc) is 3.10. The second-order valence-electron chi connectivity index (χ2n) is 6.65. The fourth-order valence-corrected chi connectivity index (χ4v) is 5.37. The topological polar surface area (TPSA) is 80.5 Å². The maximum absolute atomic E-state index is 12.8. The first-order valence-electron chi connectivity index (χ1n) is 9.43. The van der Waals surface area contributed by atoms with E-state index in [-0.39, 0.29) is 16.1 Å². The number of carbonyl (C=O) groups excluding carboxylic acids is 1. The molecule has 0 aliphatic carbocycles. The zero-order chi connectivity index (χ0) is 22.0. The number of nitrogens with zero attached hydrogens (tertiary/aromatic N) is 2. The quantitative estimate of drug-likeness (QED) is 0.448. The number of sulfonamides is 1. The number of thiazole rings is 1. The smallest absolute Gasteiger partial charge is 0.279 e. The predicted octanol–water partition coefficient (Wildman–Crippen LogP) is 4.92. The molecule has 0 spiro atoms. The summed E-state index contributed by atoms with van der Waals surface area (Å²) in [6, 6.07) is 20.0. The molecule has 1 N–H and O–H groups in total. The van der Waals surface area contributed by atoms with Crippen molar-refractivity contribution in [3.05, 3.63) is 88.2 Å². The maximum Gasteiger partial charge on any atom is 0.279 e. The van der Waals surface area contributed by atoms with Crippen LogP contribution in [0.15, 0.2) is 82.7 Å². The monoisotopic (exact) mass is 471 g/mol. The highest BCUT2D eigenvalue weighted by Crippen LogP contribution is 2.20. The van der Waals surface area contributed by atoms with E-state index < -0.39 is 15.9 Å². The molecule has 0 unspecified atom stereocenters. The number of benzene rings is 3. The SMILES string of the molecule is CCn1c(=NC(=O)c2cccc(NS(=O)(=O)c3ccc(Cl)cc3)c2)sc2ccccc21.